The van der Waals surface area contributed by atoms with Crippen LogP contribution in [0.5, 0.6) is 0 Å². The molecule has 0 aliphatic heterocycles. The number of alkyl halides is 3. The second kappa shape index (κ2) is 3.23. The van der Waals surface area contributed by atoms with Crippen LogP contribution < -0.4 is 0 Å². The second-order valence-electron chi connectivity index (χ2n) is 3.77. The predicted octanol–water partition coefficient (Wildman–Crippen LogP) is 3.64. The van der Waals surface area contributed by atoms with E-state index in [4.69, 9.17) is 0 Å². The summed E-state index contributed by atoms with van der Waals surface area (Å²) >= 11 is 0. The Balaban J connectivity index is 2.81. The molecule has 0 amide bonds. The van der Waals surface area contributed by atoms with Gasteiger partial charge in [-0.25, -0.2) is 4.39 Å². The molecule has 0 aliphatic rings. The minimum Gasteiger partial charge on any atom is -0.350 e. The molecule has 0 spiro atoms. The Morgan fingerprint density at radius 2 is 1.81 bits per heavy atom. The van der Waals surface area contributed by atoms with Crippen LogP contribution in [-0.2, 0) is 13.2 Å². The Kier molecular flexibility index (Phi) is 2.22. The fourth-order valence-electron chi connectivity index (χ4n) is 1.82. The van der Waals surface area contributed by atoms with Crippen molar-refractivity contribution in [1.29, 1.82) is 0 Å². The molecular weight excluding hydrogens is 222 g/mol. The highest BCUT2D eigenvalue weighted by atomic mass is 19.4. The van der Waals surface area contributed by atoms with E-state index in [0.29, 0.717) is 10.9 Å². The van der Waals surface area contributed by atoms with Crippen molar-refractivity contribution in [1.82, 2.24) is 4.57 Å². The van der Waals surface area contributed by atoms with Gasteiger partial charge < -0.3 is 4.57 Å². The molecule has 16 heavy (non-hydrogen) atoms. The van der Waals surface area contributed by atoms with E-state index in [1.165, 1.54) is 0 Å². The SMILES string of the molecule is Cc1cn(C)c2cc(C(F)(F)F)c(F)cc12. The maximum absolute atomic E-state index is 13.3. The lowest BCUT2D eigenvalue weighted by Gasteiger charge is -2.08. The Morgan fingerprint density at radius 1 is 1.19 bits per heavy atom. The summed E-state index contributed by atoms with van der Waals surface area (Å²) < 4.78 is 52.2. The van der Waals surface area contributed by atoms with Gasteiger partial charge in [-0.05, 0) is 24.6 Å². The number of benzene rings is 1. The highest BCUT2D eigenvalue weighted by Crippen LogP contribution is 2.34. The van der Waals surface area contributed by atoms with Crippen molar-refractivity contribution in [2.75, 3.05) is 0 Å². The summed E-state index contributed by atoms with van der Waals surface area (Å²) in [7, 11) is 1.63. The molecule has 0 aliphatic carbocycles. The molecule has 0 atom stereocenters. The number of rotatable bonds is 0. The lowest BCUT2D eigenvalue weighted by Crippen LogP contribution is -2.08. The average Bonchev–Trinajstić information content (AvgIpc) is 2.39. The number of nitrogens with zero attached hydrogens (tertiary/aromatic N) is 1. The van der Waals surface area contributed by atoms with Crippen molar-refractivity contribution in [3.63, 3.8) is 0 Å². The van der Waals surface area contributed by atoms with Crippen LogP contribution in [0.2, 0.25) is 0 Å². The minimum atomic E-state index is -4.66. The van der Waals surface area contributed by atoms with Gasteiger partial charge in [0.1, 0.15) is 5.82 Å². The highest BCUT2D eigenvalue weighted by Gasteiger charge is 2.34. The first-order chi connectivity index (χ1) is 7.30. The summed E-state index contributed by atoms with van der Waals surface area (Å²) in [6.45, 7) is 1.73. The number of fused-ring (bicyclic) bond motifs is 1. The van der Waals surface area contributed by atoms with Crippen molar-refractivity contribution in [2.45, 2.75) is 13.1 Å². The normalized spacial score (nSPS) is 12.4. The van der Waals surface area contributed by atoms with Gasteiger partial charge in [-0.1, -0.05) is 0 Å². The molecule has 0 bridgehead atoms. The summed E-state index contributed by atoms with van der Waals surface area (Å²) in [6.07, 6.45) is -2.99. The highest BCUT2D eigenvalue weighted by molar-refractivity contribution is 5.84. The van der Waals surface area contributed by atoms with E-state index >= 15 is 0 Å². The number of halogens is 4. The third-order valence-electron chi connectivity index (χ3n) is 2.58. The molecule has 5 heteroatoms. The maximum atomic E-state index is 13.3. The van der Waals surface area contributed by atoms with E-state index in [-0.39, 0.29) is 0 Å². The minimum absolute atomic E-state index is 0.381. The standard InChI is InChI=1S/C11H9F4N/c1-6-5-16(2)10-4-8(11(13,14)15)9(12)3-7(6)10/h3-5H,1-2H3. The van der Waals surface area contributed by atoms with Gasteiger partial charge >= 0.3 is 6.18 Å². The molecule has 0 unspecified atom stereocenters. The average molecular weight is 231 g/mol. The van der Waals surface area contributed by atoms with E-state index in [2.05, 4.69) is 0 Å². The van der Waals surface area contributed by atoms with Gasteiger partial charge in [0.05, 0.1) is 5.56 Å². The van der Waals surface area contributed by atoms with E-state index in [9.17, 15) is 17.6 Å². The van der Waals surface area contributed by atoms with Crippen molar-refractivity contribution in [3.8, 4) is 0 Å². The molecule has 1 aromatic carbocycles. The Bertz CT molecular complexity index is 551. The second-order valence-corrected chi connectivity index (χ2v) is 3.77. The first-order valence-electron chi connectivity index (χ1n) is 4.63. The maximum Gasteiger partial charge on any atom is 0.419 e. The van der Waals surface area contributed by atoms with Crippen LogP contribution >= 0.6 is 0 Å². The van der Waals surface area contributed by atoms with Gasteiger partial charge in [0.25, 0.3) is 0 Å². The lowest BCUT2D eigenvalue weighted by molar-refractivity contribution is -0.139. The molecule has 1 heterocycles. The van der Waals surface area contributed by atoms with Gasteiger partial charge in [-0.2, -0.15) is 13.2 Å². The zero-order valence-electron chi connectivity index (χ0n) is 8.69. The van der Waals surface area contributed by atoms with Crippen LogP contribution in [0.15, 0.2) is 18.3 Å². The quantitative estimate of drug-likeness (QED) is 0.610. The molecule has 1 nitrogen and oxygen atoms in total. The van der Waals surface area contributed by atoms with E-state index in [1.807, 2.05) is 0 Å². The van der Waals surface area contributed by atoms with Crippen LogP contribution in [-0.4, -0.2) is 4.57 Å². The Morgan fingerprint density at radius 3 is 2.38 bits per heavy atom. The molecular formula is C11H9F4N. The van der Waals surface area contributed by atoms with E-state index < -0.39 is 17.6 Å². The van der Waals surface area contributed by atoms with Crippen molar-refractivity contribution in [3.05, 3.63) is 35.3 Å². The summed E-state index contributed by atoms with van der Waals surface area (Å²) in [5.74, 6) is -1.23. The summed E-state index contributed by atoms with van der Waals surface area (Å²) in [5, 5.41) is 0.507. The van der Waals surface area contributed by atoms with Crippen molar-refractivity contribution >= 4 is 10.9 Å². The van der Waals surface area contributed by atoms with Gasteiger partial charge in [0.15, 0.2) is 0 Å². The van der Waals surface area contributed by atoms with Crippen molar-refractivity contribution < 1.29 is 17.6 Å². The van der Waals surface area contributed by atoms with Crippen LogP contribution in [0, 0.1) is 12.7 Å². The summed E-state index contributed by atoms with van der Waals surface area (Å²) in [5.41, 5.74) is -0.0856. The number of aromatic nitrogens is 1. The molecule has 2 aromatic rings. The molecule has 86 valence electrons. The van der Waals surface area contributed by atoms with Crippen LogP contribution in [0.25, 0.3) is 10.9 Å². The first-order valence-corrected chi connectivity index (χ1v) is 4.63. The van der Waals surface area contributed by atoms with Crippen LogP contribution in [0.4, 0.5) is 17.6 Å². The zero-order chi connectivity index (χ0) is 12.1. The van der Waals surface area contributed by atoms with Gasteiger partial charge in [0, 0.05) is 24.1 Å². The molecule has 0 radical (unpaired) electrons. The number of hydrogen-bond acceptors (Lipinski definition) is 0. The third-order valence-corrected chi connectivity index (χ3v) is 2.58. The largest absolute Gasteiger partial charge is 0.419 e. The Hall–Kier alpha value is -1.52. The van der Waals surface area contributed by atoms with Crippen LogP contribution in [0.1, 0.15) is 11.1 Å². The fourth-order valence-corrected chi connectivity index (χ4v) is 1.82. The fraction of sp³-hybridized carbons (Fsp3) is 0.273. The summed E-state index contributed by atoms with van der Waals surface area (Å²) in [4.78, 5) is 0. The van der Waals surface area contributed by atoms with Gasteiger partial charge in [-0.3, -0.25) is 0 Å². The zero-order valence-corrected chi connectivity index (χ0v) is 8.69. The molecule has 0 N–H and O–H groups in total. The van der Waals surface area contributed by atoms with Crippen molar-refractivity contribution in [2.24, 2.45) is 7.05 Å². The number of hydrogen-bond donors (Lipinski definition) is 0. The lowest BCUT2D eigenvalue weighted by atomic mass is 10.1. The first kappa shape index (κ1) is 11.0. The molecule has 1 aromatic heterocycles. The molecule has 2 rings (SSSR count). The predicted molar refractivity (Wildman–Crippen MR) is 52.6 cm³/mol. The van der Waals surface area contributed by atoms with Gasteiger partial charge in [-0.15, -0.1) is 0 Å². The van der Waals surface area contributed by atoms with Gasteiger partial charge in [0.2, 0.25) is 0 Å². The summed E-state index contributed by atoms with van der Waals surface area (Å²) in [6, 6.07) is 1.78. The van der Waals surface area contributed by atoms with E-state index in [0.717, 1.165) is 17.7 Å². The smallest absolute Gasteiger partial charge is 0.350 e. The Labute approximate surface area is 89.3 Å². The molecule has 0 saturated carbocycles. The van der Waals surface area contributed by atoms with Crippen LogP contribution in [0.3, 0.4) is 0 Å². The number of aryl methyl sites for hydroxylation is 2. The third kappa shape index (κ3) is 1.56. The molecule has 0 saturated heterocycles. The van der Waals surface area contributed by atoms with E-state index in [1.54, 1.807) is 24.7 Å². The topological polar surface area (TPSA) is 4.93 Å². The molecule has 0 fully saturated rings. The monoisotopic (exact) mass is 231 g/mol.